The standard InChI is InChI=1S/C8H12BrN3O/c1-6(2)12-4-3-7(11-12)10-8(13)5-9/h3-4,6H,5H2,1-2H3,(H,10,11,13). The first kappa shape index (κ1) is 10.2. The molecule has 1 aromatic rings. The summed E-state index contributed by atoms with van der Waals surface area (Å²) < 4.78 is 1.80. The predicted octanol–water partition coefficient (Wildman–Crippen LogP) is 1.80. The maximum atomic E-state index is 11.0. The number of amides is 1. The minimum Gasteiger partial charge on any atom is -0.308 e. The van der Waals surface area contributed by atoms with Gasteiger partial charge in [0, 0.05) is 18.3 Å². The maximum Gasteiger partial charge on any atom is 0.236 e. The number of rotatable bonds is 3. The van der Waals surface area contributed by atoms with Crippen molar-refractivity contribution >= 4 is 27.7 Å². The molecule has 72 valence electrons. The minimum atomic E-state index is -0.0889. The lowest BCUT2D eigenvalue weighted by molar-refractivity contribution is -0.113. The first-order valence-electron chi connectivity index (χ1n) is 4.04. The highest BCUT2D eigenvalue weighted by Crippen LogP contribution is 2.07. The van der Waals surface area contributed by atoms with Gasteiger partial charge in [0.25, 0.3) is 0 Å². The van der Waals surface area contributed by atoms with E-state index in [-0.39, 0.29) is 5.91 Å². The van der Waals surface area contributed by atoms with Gasteiger partial charge in [0.15, 0.2) is 5.82 Å². The predicted molar refractivity (Wildman–Crippen MR) is 55.0 cm³/mol. The second-order valence-corrected chi connectivity index (χ2v) is 3.52. The quantitative estimate of drug-likeness (QED) is 0.826. The van der Waals surface area contributed by atoms with Crippen molar-refractivity contribution in [3.05, 3.63) is 12.3 Å². The van der Waals surface area contributed by atoms with E-state index in [1.807, 2.05) is 20.0 Å². The van der Waals surface area contributed by atoms with E-state index < -0.39 is 0 Å². The second kappa shape index (κ2) is 4.41. The van der Waals surface area contributed by atoms with Crippen LogP contribution in [-0.4, -0.2) is 21.0 Å². The first-order valence-corrected chi connectivity index (χ1v) is 5.16. The van der Waals surface area contributed by atoms with Crippen molar-refractivity contribution in [2.24, 2.45) is 0 Å². The van der Waals surface area contributed by atoms with E-state index in [1.54, 1.807) is 10.7 Å². The lowest BCUT2D eigenvalue weighted by Gasteiger charge is -2.03. The largest absolute Gasteiger partial charge is 0.308 e. The van der Waals surface area contributed by atoms with Gasteiger partial charge in [0.2, 0.25) is 5.91 Å². The van der Waals surface area contributed by atoms with Gasteiger partial charge in [-0.3, -0.25) is 9.48 Å². The average Bonchev–Trinajstić information content (AvgIpc) is 2.52. The highest BCUT2D eigenvalue weighted by Gasteiger charge is 2.04. The van der Waals surface area contributed by atoms with E-state index in [0.29, 0.717) is 17.2 Å². The van der Waals surface area contributed by atoms with Crippen LogP contribution in [0.4, 0.5) is 5.82 Å². The fourth-order valence-corrected chi connectivity index (χ4v) is 1.01. The molecule has 0 spiro atoms. The third-order valence-corrected chi connectivity index (χ3v) is 2.04. The molecule has 0 aliphatic heterocycles. The Morgan fingerprint density at radius 3 is 2.92 bits per heavy atom. The topological polar surface area (TPSA) is 46.9 Å². The molecule has 0 saturated heterocycles. The Balaban J connectivity index is 2.64. The molecule has 1 N–H and O–H groups in total. The van der Waals surface area contributed by atoms with Crippen LogP contribution < -0.4 is 5.32 Å². The number of nitrogens with one attached hydrogen (secondary N) is 1. The van der Waals surface area contributed by atoms with Gasteiger partial charge >= 0.3 is 0 Å². The van der Waals surface area contributed by atoms with E-state index in [9.17, 15) is 4.79 Å². The van der Waals surface area contributed by atoms with Gasteiger partial charge < -0.3 is 5.32 Å². The molecular formula is C8H12BrN3O. The minimum absolute atomic E-state index is 0.0889. The van der Waals surface area contributed by atoms with Crippen LogP contribution in [0.2, 0.25) is 0 Å². The number of hydrogen-bond acceptors (Lipinski definition) is 2. The third kappa shape index (κ3) is 2.84. The summed E-state index contributed by atoms with van der Waals surface area (Å²) in [5, 5.41) is 7.10. The van der Waals surface area contributed by atoms with Crippen molar-refractivity contribution in [1.29, 1.82) is 0 Å². The Kier molecular flexibility index (Phi) is 3.48. The van der Waals surface area contributed by atoms with Crippen LogP contribution in [0.25, 0.3) is 0 Å². The summed E-state index contributed by atoms with van der Waals surface area (Å²) in [7, 11) is 0. The van der Waals surface area contributed by atoms with E-state index in [0.717, 1.165) is 0 Å². The number of hydrogen-bond donors (Lipinski definition) is 1. The normalized spacial score (nSPS) is 10.5. The van der Waals surface area contributed by atoms with Gasteiger partial charge in [0.1, 0.15) is 0 Å². The number of alkyl halides is 1. The van der Waals surface area contributed by atoms with Crippen LogP contribution in [0, 0.1) is 0 Å². The van der Waals surface area contributed by atoms with Crippen molar-refractivity contribution in [2.75, 3.05) is 10.6 Å². The summed E-state index contributed by atoms with van der Waals surface area (Å²) >= 11 is 3.06. The molecule has 0 saturated carbocycles. The number of carbonyl (C=O) groups is 1. The van der Waals surface area contributed by atoms with Crippen molar-refractivity contribution in [2.45, 2.75) is 19.9 Å². The molecule has 0 atom stereocenters. The summed E-state index contributed by atoms with van der Waals surface area (Å²) in [4.78, 5) is 11.0. The summed E-state index contributed by atoms with van der Waals surface area (Å²) in [5.41, 5.74) is 0. The highest BCUT2D eigenvalue weighted by atomic mass is 79.9. The van der Waals surface area contributed by atoms with Gasteiger partial charge in [-0.05, 0) is 13.8 Å². The maximum absolute atomic E-state index is 11.0. The monoisotopic (exact) mass is 245 g/mol. The molecule has 1 rings (SSSR count). The SMILES string of the molecule is CC(C)n1ccc(NC(=O)CBr)n1. The molecular weight excluding hydrogens is 234 g/mol. The fraction of sp³-hybridized carbons (Fsp3) is 0.500. The van der Waals surface area contributed by atoms with Crippen LogP contribution in [0.1, 0.15) is 19.9 Å². The lowest BCUT2D eigenvalue weighted by Crippen LogP contribution is -2.13. The van der Waals surface area contributed by atoms with E-state index >= 15 is 0 Å². The van der Waals surface area contributed by atoms with Crippen molar-refractivity contribution in [3.8, 4) is 0 Å². The molecule has 0 radical (unpaired) electrons. The van der Waals surface area contributed by atoms with Gasteiger partial charge in [-0.2, -0.15) is 5.10 Å². The Morgan fingerprint density at radius 2 is 2.46 bits per heavy atom. The molecule has 0 bridgehead atoms. The molecule has 13 heavy (non-hydrogen) atoms. The zero-order valence-electron chi connectivity index (χ0n) is 7.62. The molecule has 5 heteroatoms. The fourth-order valence-electron chi connectivity index (χ4n) is 0.869. The van der Waals surface area contributed by atoms with Crippen LogP contribution in [0.3, 0.4) is 0 Å². The Morgan fingerprint density at radius 1 is 1.77 bits per heavy atom. The van der Waals surface area contributed by atoms with Gasteiger partial charge in [-0.15, -0.1) is 0 Å². The van der Waals surface area contributed by atoms with Gasteiger partial charge in [-0.1, -0.05) is 15.9 Å². The Bertz CT molecular complexity index is 295. The van der Waals surface area contributed by atoms with E-state index in [1.165, 1.54) is 0 Å². The van der Waals surface area contributed by atoms with E-state index in [4.69, 9.17) is 0 Å². The molecule has 0 aromatic carbocycles. The van der Waals surface area contributed by atoms with Gasteiger partial charge in [-0.25, -0.2) is 0 Å². The smallest absolute Gasteiger partial charge is 0.236 e. The van der Waals surface area contributed by atoms with E-state index in [2.05, 4.69) is 26.3 Å². The summed E-state index contributed by atoms with van der Waals surface area (Å²) in [6.45, 7) is 4.06. The molecule has 1 aromatic heterocycles. The summed E-state index contributed by atoms with van der Waals surface area (Å²) in [6.07, 6.45) is 1.84. The highest BCUT2D eigenvalue weighted by molar-refractivity contribution is 9.09. The van der Waals surface area contributed by atoms with Gasteiger partial charge in [0.05, 0.1) is 5.33 Å². The molecule has 0 aliphatic rings. The zero-order chi connectivity index (χ0) is 9.84. The Labute approximate surface area is 85.4 Å². The molecule has 1 heterocycles. The van der Waals surface area contributed by atoms with Crippen LogP contribution in [-0.2, 0) is 4.79 Å². The van der Waals surface area contributed by atoms with Crippen molar-refractivity contribution in [3.63, 3.8) is 0 Å². The third-order valence-electron chi connectivity index (χ3n) is 1.53. The average molecular weight is 246 g/mol. The lowest BCUT2D eigenvalue weighted by atomic mass is 10.4. The molecule has 0 aliphatic carbocycles. The van der Waals surface area contributed by atoms with Crippen molar-refractivity contribution < 1.29 is 4.79 Å². The van der Waals surface area contributed by atoms with Crippen molar-refractivity contribution in [1.82, 2.24) is 9.78 Å². The second-order valence-electron chi connectivity index (χ2n) is 2.96. The van der Waals surface area contributed by atoms with Crippen LogP contribution in [0.5, 0.6) is 0 Å². The Hall–Kier alpha value is -0.840. The number of nitrogens with zero attached hydrogens (tertiary/aromatic N) is 2. The van der Waals surface area contributed by atoms with Crippen LogP contribution >= 0.6 is 15.9 Å². The molecule has 4 nitrogen and oxygen atoms in total. The first-order chi connectivity index (χ1) is 6.13. The van der Waals surface area contributed by atoms with Crippen LogP contribution in [0.15, 0.2) is 12.3 Å². The number of halogens is 1. The molecule has 0 fully saturated rings. The molecule has 0 unspecified atom stereocenters. The summed E-state index contributed by atoms with van der Waals surface area (Å²) in [6, 6.07) is 2.09. The zero-order valence-corrected chi connectivity index (χ0v) is 9.21. The summed E-state index contributed by atoms with van der Waals surface area (Å²) in [5.74, 6) is 0.507. The number of aromatic nitrogens is 2. The molecule has 1 amide bonds. The number of carbonyl (C=O) groups excluding carboxylic acids is 1. The number of anilines is 1.